The van der Waals surface area contributed by atoms with E-state index in [0.29, 0.717) is 26.0 Å². The molecular weight excluding hydrogens is 407 g/mol. The monoisotopic (exact) mass is 436 g/mol. The zero-order chi connectivity index (χ0) is 22.1. The average molecular weight is 437 g/mol. The minimum Gasteiger partial charge on any atom is -0.493 e. The van der Waals surface area contributed by atoms with Crippen molar-refractivity contribution in [2.45, 2.75) is 39.2 Å². The summed E-state index contributed by atoms with van der Waals surface area (Å²) in [6, 6.07) is 11.9. The Morgan fingerprint density at radius 2 is 1.93 bits per heavy atom. The molecule has 6 nitrogen and oxygen atoms in total. The third kappa shape index (κ3) is 6.73. The van der Waals surface area contributed by atoms with Gasteiger partial charge in [0.15, 0.2) is 0 Å². The number of hydrogen-bond donors (Lipinski definition) is 1. The van der Waals surface area contributed by atoms with Crippen LogP contribution in [-0.2, 0) is 21.2 Å². The molecule has 0 bridgehead atoms. The Kier molecular flexibility index (Phi) is 8.65. The van der Waals surface area contributed by atoms with Gasteiger partial charge in [-0.1, -0.05) is 31.2 Å². The Balaban J connectivity index is 1.97. The smallest absolute Gasteiger partial charge is 0.243 e. The third-order valence-electron chi connectivity index (χ3n) is 4.51. The highest BCUT2D eigenvalue weighted by Gasteiger charge is 2.29. The van der Waals surface area contributed by atoms with Crippen molar-refractivity contribution >= 4 is 21.6 Å². The van der Waals surface area contributed by atoms with Crippen molar-refractivity contribution in [2.75, 3.05) is 23.7 Å². The number of ether oxygens (including phenoxy) is 1. The van der Waals surface area contributed by atoms with Gasteiger partial charge in [-0.05, 0) is 56.0 Å². The van der Waals surface area contributed by atoms with E-state index in [-0.39, 0.29) is 5.69 Å². The topological polar surface area (TPSA) is 75.7 Å². The van der Waals surface area contributed by atoms with Crippen LogP contribution in [0.3, 0.4) is 0 Å². The van der Waals surface area contributed by atoms with Crippen LogP contribution in [0.4, 0.5) is 10.1 Å². The summed E-state index contributed by atoms with van der Waals surface area (Å²) in [6.45, 7) is 4.55. The number of sulfonamides is 1. The molecule has 0 saturated heterocycles. The van der Waals surface area contributed by atoms with Crippen LogP contribution in [0.5, 0.6) is 5.75 Å². The number of nitrogens with one attached hydrogen (secondary N) is 1. The number of halogens is 1. The molecule has 1 unspecified atom stereocenters. The number of hydrogen-bond acceptors (Lipinski definition) is 4. The largest absolute Gasteiger partial charge is 0.493 e. The number of aryl methyl sites for hydroxylation is 1. The first-order chi connectivity index (χ1) is 14.2. The molecule has 0 aliphatic rings. The number of carbonyl (C=O) groups excluding carboxylic acids is 1. The molecule has 164 valence electrons. The highest BCUT2D eigenvalue weighted by Crippen LogP contribution is 2.22. The van der Waals surface area contributed by atoms with Gasteiger partial charge in [-0.15, -0.1) is 0 Å². The molecule has 1 amide bonds. The lowest BCUT2D eigenvalue weighted by atomic mass is 10.1. The van der Waals surface area contributed by atoms with E-state index >= 15 is 0 Å². The molecule has 30 heavy (non-hydrogen) atoms. The molecule has 0 aliphatic heterocycles. The third-order valence-corrected chi connectivity index (χ3v) is 5.75. The van der Waals surface area contributed by atoms with E-state index in [4.69, 9.17) is 4.74 Å². The van der Waals surface area contributed by atoms with Crippen LogP contribution in [0.15, 0.2) is 48.5 Å². The summed E-state index contributed by atoms with van der Waals surface area (Å²) in [7, 11) is -3.78. The van der Waals surface area contributed by atoms with Crippen molar-refractivity contribution in [2.24, 2.45) is 0 Å². The molecular formula is C22H29FN2O4S. The van der Waals surface area contributed by atoms with Crippen molar-refractivity contribution in [3.63, 3.8) is 0 Å². The molecule has 0 spiro atoms. The first-order valence-electron chi connectivity index (χ1n) is 9.97. The summed E-state index contributed by atoms with van der Waals surface area (Å²) in [4.78, 5) is 12.6. The molecule has 2 rings (SSSR count). The van der Waals surface area contributed by atoms with Crippen molar-refractivity contribution < 1.29 is 22.3 Å². The van der Waals surface area contributed by atoms with Gasteiger partial charge in [-0.3, -0.25) is 9.10 Å². The second kappa shape index (κ2) is 11.0. The van der Waals surface area contributed by atoms with Gasteiger partial charge in [0.25, 0.3) is 0 Å². The van der Waals surface area contributed by atoms with Gasteiger partial charge in [0.1, 0.15) is 17.6 Å². The molecule has 1 N–H and O–H groups in total. The lowest BCUT2D eigenvalue weighted by Gasteiger charge is -2.28. The maximum absolute atomic E-state index is 13.6. The number of carbonyl (C=O) groups is 1. The number of anilines is 1. The SMILES string of the molecule is CCCOc1ccccc1CCCNC(=O)C(C)N(c1cccc(F)c1)S(C)(=O)=O. The van der Waals surface area contributed by atoms with Crippen molar-refractivity contribution in [3.8, 4) is 5.75 Å². The van der Waals surface area contributed by atoms with Crippen LogP contribution in [0.25, 0.3) is 0 Å². The molecule has 2 aromatic rings. The lowest BCUT2D eigenvalue weighted by molar-refractivity contribution is -0.121. The van der Waals surface area contributed by atoms with E-state index in [1.54, 1.807) is 0 Å². The molecule has 0 heterocycles. The van der Waals surface area contributed by atoms with Crippen molar-refractivity contribution in [3.05, 3.63) is 59.9 Å². The summed E-state index contributed by atoms with van der Waals surface area (Å²) in [5.41, 5.74) is 1.17. The standard InChI is InChI=1S/C22H29FN2O4S/c1-4-15-29-21-13-6-5-9-18(21)10-8-14-24-22(26)17(2)25(30(3,27)28)20-12-7-11-19(23)16-20/h5-7,9,11-13,16-17H,4,8,10,14-15H2,1-3H3,(H,24,26). The number of rotatable bonds is 11. The quantitative estimate of drug-likeness (QED) is 0.547. The molecule has 0 aromatic heterocycles. The molecule has 0 fully saturated rings. The minimum absolute atomic E-state index is 0.113. The van der Waals surface area contributed by atoms with Gasteiger partial charge in [-0.25, -0.2) is 12.8 Å². The van der Waals surface area contributed by atoms with Crippen LogP contribution in [-0.4, -0.2) is 39.8 Å². The van der Waals surface area contributed by atoms with Crippen LogP contribution >= 0.6 is 0 Å². The predicted molar refractivity (Wildman–Crippen MR) is 117 cm³/mol. The van der Waals surface area contributed by atoms with E-state index in [0.717, 1.165) is 34.4 Å². The Labute approximate surface area is 178 Å². The normalized spacial score (nSPS) is 12.3. The maximum atomic E-state index is 13.6. The van der Waals surface area contributed by atoms with Crippen LogP contribution < -0.4 is 14.4 Å². The first kappa shape index (κ1) is 23.7. The summed E-state index contributed by atoms with van der Waals surface area (Å²) >= 11 is 0. The molecule has 8 heteroatoms. The van der Waals surface area contributed by atoms with E-state index in [2.05, 4.69) is 5.32 Å². The van der Waals surface area contributed by atoms with Gasteiger partial charge in [-0.2, -0.15) is 0 Å². The van der Waals surface area contributed by atoms with Crippen molar-refractivity contribution in [1.82, 2.24) is 5.32 Å². The maximum Gasteiger partial charge on any atom is 0.243 e. The number of para-hydroxylation sites is 1. The Morgan fingerprint density at radius 1 is 1.20 bits per heavy atom. The summed E-state index contributed by atoms with van der Waals surface area (Å²) < 4.78 is 44.7. The summed E-state index contributed by atoms with van der Waals surface area (Å²) in [5.74, 6) is -0.175. The lowest BCUT2D eigenvalue weighted by Crippen LogP contribution is -2.48. The van der Waals surface area contributed by atoms with Crippen LogP contribution in [0, 0.1) is 5.82 Å². The average Bonchev–Trinajstić information content (AvgIpc) is 2.69. The molecule has 0 aliphatic carbocycles. The summed E-state index contributed by atoms with van der Waals surface area (Å²) in [5, 5.41) is 2.77. The molecule has 0 radical (unpaired) electrons. The van der Waals surface area contributed by atoms with Crippen LogP contribution in [0.2, 0.25) is 0 Å². The van der Waals surface area contributed by atoms with Gasteiger partial charge >= 0.3 is 0 Å². The van der Waals surface area contributed by atoms with E-state index in [9.17, 15) is 17.6 Å². The van der Waals surface area contributed by atoms with E-state index in [1.807, 2.05) is 31.2 Å². The van der Waals surface area contributed by atoms with E-state index < -0.39 is 27.8 Å². The fraction of sp³-hybridized carbons (Fsp3) is 0.409. The Bertz CT molecular complexity index is 950. The zero-order valence-electron chi connectivity index (χ0n) is 17.6. The van der Waals surface area contributed by atoms with E-state index in [1.165, 1.54) is 25.1 Å². The fourth-order valence-electron chi connectivity index (χ4n) is 3.12. The van der Waals surface area contributed by atoms with Gasteiger partial charge in [0.05, 0.1) is 18.6 Å². The van der Waals surface area contributed by atoms with Crippen molar-refractivity contribution in [1.29, 1.82) is 0 Å². The molecule has 2 aromatic carbocycles. The minimum atomic E-state index is -3.78. The number of benzene rings is 2. The van der Waals surface area contributed by atoms with Gasteiger partial charge in [0, 0.05) is 6.54 Å². The second-order valence-corrected chi connectivity index (χ2v) is 8.92. The first-order valence-corrected chi connectivity index (χ1v) is 11.8. The number of amides is 1. The highest BCUT2D eigenvalue weighted by molar-refractivity contribution is 7.92. The Morgan fingerprint density at radius 3 is 2.60 bits per heavy atom. The molecule has 0 saturated carbocycles. The summed E-state index contributed by atoms with van der Waals surface area (Å²) in [6.07, 6.45) is 3.30. The molecule has 1 atom stereocenters. The van der Waals surface area contributed by atoms with Gasteiger partial charge in [0.2, 0.25) is 15.9 Å². The zero-order valence-corrected chi connectivity index (χ0v) is 18.4. The van der Waals surface area contributed by atoms with Crippen LogP contribution in [0.1, 0.15) is 32.3 Å². The highest BCUT2D eigenvalue weighted by atomic mass is 32.2. The van der Waals surface area contributed by atoms with Gasteiger partial charge < -0.3 is 10.1 Å². The Hall–Kier alpha value is -2.61. The predicted octanol–water partition coefficient (Wildman–Crippen LogP) is 3.52. The number of nitrogens with zero attached hydrogens (tertiary/aromatic N) is 1. The second-order valence-electron chi connectivity index (χ2n) is 7.07. The fourth-order valence-corrected chi connectivity index (χ4v) is 4.29.